The fourth-order valence-electron chi connectivity index (χ4n) is 1.70. The van der Waals surface area contributed by atoms with Crippen LogP contribution in [0.25, 0.3) is 11.0 Å². The van der Waals surface area contributed by atoms with Gasteiger partial charge in [0.1, 0.15) is 5.65 Å². The maximum Gasteiger partial charge on any atom is 0.256 e. The summed E-state index contributed by atoms with van der Waals surface area (Å²) in [7, 11) is 1.50. The Labute approximate surface area is 108 Å². The Balaban J connectivity index is 2.42. The molecule has 0 radical (unpaired) electrons. The van der Waals surface area contributed by atoms with Gasteiger partial charge < -0.3 is 15.6 Å². The fourth-order valence-corrected chi connectivity index (χ4v) is 1.94. The summed E-state index contributed by atoms with van der Waals surface area (Å²) in [6.07, 6.45) is 3.06. The minimum Gasteiger partial charge on any atom is -0.368 e. The van der Waals surface area contributed by atoms with Crippen LogP contribution in [0.3, 0.4) is 0 Å². The number of fused-ring (bicyclic) bond motifs is 1. The number of nitrogens with one attached hydrogen (secondary N) is 1. The Morgan fingerprint density at radius 2 is 2.28 bits per heavy atom. The number of hydrogen-bond acceptors (Lipinski definition) is 3. The van der Waals surface area contributed by atoms with Crippen LogP contribution >= 0.6 is 11.6 Å². The summed E-state index contributed by atoms with van der Waals surface area (Å²) in [5.74, 6) is -0.912. The molecule has 2 heterocycles. The zero-order valence-corrected chi connectivity index (χ0v) is 10.4. The summed E-state index contributed by atoms with van der Waals surface area (Å²) < 4.78 is 0. The molecule has 2 rings (SSSR count). The number of H-pyrrole nitrogens is 1. The van der Waals surface area contributed by atoms with Crippen molar-refractivity contribution < 1.29 is 9.59 Å². The molecule has 0 bridgehead atoms. The number of carbonyl (C=O) groups is 2. The minimum absolute atomic E-state index is 0.149. The molecule has 2 amide bonds. The summed E-state index contributed by atoms with van der Waals surface area (Å²) in [6, 6.07) is 1.60. The van der Waals surface area contributed by atoms with Crippen LogP contribution in [-0.2, 0) is 4.79 Å². The summed E-state index contributed by atoms with van der Waals surface area (Å²) in [4.78, 5) is 31.1. The third-order valence-corrected chi connectivity index (χ3v) is 2.81. The van der Waals surface area contributed by atoms with E-state index in [9.17, 15) is 9.59 Å². The van der Waals surface area contributed by atoms with E-state index in [4.69, 9.17) is 17.3 Å². The molecule has 94 valence electrons. The minimum atomic E-state index is -0.574. The third kappa shape index (κ3) is 2.14. The van der Waals surface area contributed by atoms with Crippen molar-refractivity contribution in [3.8, 4) is 0 Å². The molecule has 0 saturated carbocycles. The number of halogens is 1. The Bertz CT molecular complexity index is 623. The molecule has 0 aromatic carbocycles. The topological polar surface area (TPSA) is 92.1 Å². The van der Waals surface area contributed by atoms with Crippen LogP contribution < -0.4 is 5.73 Å². The van der Waals surface area contributed by atoms with E-state index >= 15 is 0 Å². The number of amides is 2. The van der Waals surface area contributed by atoms with E-state index in [1.807, 2.05) is 0 Å². The van der Waals surface area contributed by atoms with Gasteiger partial charge >= 0.3 is 0 Å². The fraction of sp³-hybridized carbons (Fsp3) is 0.182. The smallest absolute Gasteiger partial charge is 0.256 e. The van der Waals surface area contributed by atoms with Gasteiger partial charge in [-0.05, 0) is 6.07 Å². The molecule has 2 aromatic heterocycles. The highest BCUT2D eigenvalue weighted by Gasteiger charge is 2.19. The van der Waals surface area contributed by atoms with E-state index < -0.39 is 5.91 Å². The normalized spacial score (nSPS) is 10.6. The number of carbonyl (C=O) groups excluding carboxylic acids is 2. The van der Waals surface area contributed by atoms with Crippen LogP contribution in [0.1, 0.15) is 10.4 Å². The van der Waals surface area contributed by atoms with Crippen LogP contribution in [0.15, 0.2) is 18.5 Å². The lowest BCUT2D eigenvalue weighted by Crippen LogP contribution is -2.35. The molecule has 6 nitrogen and oxygen atoms in total. The first-order valence-electron chi connectivity index (χ1n) is 5.16. The molecular formula is C11H11ClN4O2. The number of rotatable bonds is 3. The predicted molar refractivity (Wildman–Crippen MR) is 67.3 cm³/mol. The highest BCUT2D eigenvalue weighted by Crippen LogP contribution is 2.25. The van der Waals surface area contributed by atoms with Crippen LogP contribution in [0, 0.1) is 0 Å². The third-order valence-electron chi connectivity index (χ3n) is 2.49. The van der Waals surface area contributed by atoms with Gasteiger partial charge in [0.05, 0.1) is 22.5 Å². The van der Waals surface area contributed by atoms with E-state index in [0.29, 0.717) is 21.6 Å². The number of primary amides is 1. The second kappa shape index (κ2) is 4.66. The average molecular weight is 267 g/mol. The van der Waals surface area contributed by atoms with Crippen molar-refractivity contribution in [2.75, 3.05) is 13.6 Å². The molecule has 0 aliphatic carbocycles. The molecule has 0 unspecified atom stereocenters. The van der Waals surface area contributed by atoms with Gasteiger partial charge in [0.2, 0.25) is 5.91 Å². The summed E-state index contributed by atoms with van der Waals surface area (Å²) in [5, 5.41) is 0.970. The van der Waals surface area contributed by atoms with Crippen molar-refractivity contribution in [1.29, 1.82) is 0 Å². The van der Waals surface area contributed by atoms with E-state index in [0.717, 1.165) is 0 Å². The number of hydrogen-bond donors (Lipinski definition) is 2. The first-order chi connectivity index (χ1) is 8.50. The van der Waals surface area contributed by atoms with Gasteiger partial charge in [-0.25, -0.2) is 4.98 Å². The number of nitrogens with two attached hydrogens (primary N) is 1. The first kappa shape index (κ1) is 12.4. The maximum atomic E-state index is 12.1. The lowest BCUT2D eigenvalue weighted by atomic mass is 10.2. The zero-order valence-electron chi connectivity index (χ0n) is 9.61. The van der Waals surface area contributed by atoms with Crippen molar-refractivity contribution in [2.45, 2.75) is 0 Å². The largest absolute Gasteiger partial charge is 0.368 e. The van der Waals surface area contributed by atoms with Gasteiger partial charge in [0, 0.05) is 19.4 Å². The number of aromatic nitrogens is 2. The molecule has 0 atom stereocenters. The van der Waals surface area contributed by atoms with E-state index in [2.05, 4.69) is 9.97 Å². The highest BCUT2D eigenvalue weighted by molar-refractivity contribution is 6.36. The maximum absolute atomic E-state index is 12.1. The Morgan fingerprint density at radius 1 is 1.56 bits per heavy atom. The second-order valence-corrected chi connectivity index (χ2v) is 4.25. The lowest BCUT2D eigenvalue weighted by molar-refractivity contribution is -0.118. The van der Waals surface area contributed by atoms with E-state index in [-0.39, 0.29) is 12.5 Å². The lowest BCUT2D eigenvalue weighted by Gasteiger charge is -2.14. The SMILES string of the molecule is CN(CC(N)=O)C(=O)c1c[nH]c2nccc(Cl)c12. The standard InChI is InChI=1S/C11H11ClN4O2/c1-16(5-8(13)17)11(18)6-4-15-10-9(6)7(12)2-3-14-10/h2-4H,5H2,1H3,(H2,13,17)(H,14,15). The molecule has 0 fully saturated rings. The van der Waals surface area contributed by atoms with Crippen LogP contribution in [0.4, 0.5) is 0 Å². The van der Waals surface area contributed by atoms with Crippen LogP contribution in [0.5, 0.6) is 0 Å². The Morgan fingerprint density at radius 3 is 2.94 bits per heavy atom. The molecular weight excluding hydrogens is 256 g/mol. The Kier molecular flexibility index (Phi) is 3.20. The van der Waals surface area contributed by atoms with Crippen LogP contribution in [0.2, 0.25) is 5.02 Å². The number of likely N-dealkylation sites (N-methyl/N-ethyl adjacent to an activating group) is 1. The molecule has 3 N–H and O–H groups in total. The first-order valence-corrected chi connectivity index (χ1v) is 5.54. The van der Waals surface area contributed by atoms with Crippen molar-refractivity contribution >= 4 is 34.4 Å². The van der Waals surface area contributed by atoms with Crippen molar-refractivity contribution in [1.82, 2.24) is 14.9 Å². The number of aromatic amines is 1. The van der Waals surface area contributed by atoms with E-state index in [1.165, 1.54) is 18.1 Å². The van der Waals surface area contributed by atoms with E-state index in [1.54, 1.807) is 12.3 Å². The summed E-state index contributed by atoms with van der Waals surface area (Å²) >= 11 is 6.04. The zero-order chi connectivity index (χ0) is 13.3. The number of nitrogens with zero attached hydrogens (tertiary/aromatic N) is 2. The van der Waals surface area contributed by atoms with Crippen LogP contribution in [-0.4, -0.2) is 40.3 Å². The van der Waals surface area contributed by atoms with Gasteiger partial charge in [0.15, 0.2) is 0 Å². The van der Waals surface area contributed by atoms with Crippen molar-refractivity contribution in [2.24, 2.45) is 5.73 Å². The summed E-state index contributed by atoms with van der Waals surface area (Å²) in [6.45, 7) is -0.149. The number of pyridine rings is 1. The molecule has 0 spiro atoms. The monoisotopic (exact) mass is 266 g/mol. The molecule has 2 aromatic rings. The van der Waals surface area contributed by atoms with Gasteiger partial charge in [-0.1, -0.05) is 11.6 Å². The van der Waals surface area contributed by atoms with Crippen molar-refractivity contribution in [3.05, 3.63) is 29.0 Å². The van der Waals surface area contributed by atoms with Gasteiger partial charge in [-0.2, -0.15) is 0 Å². The highest BCUT2D eigenvalue weighted by atomic mass is 35.5. The Hall–Kier alpha value is -2.08. The molecule has 18 heavy (non-hydrogen) atoms. The van der Waals surface area contributed by atoms with Gasteiger partial charge in [-0.3, -0.25) is 9.59 Å². The van der Waals surface area contributed by atoms with Gasteiger partial charge in [0.25, 0.3) is 5.91 Å². The molecule has 7 heteroatoms. The average Bonchev–Trinajstić information content (AvgIpc) is 2.72. The summed E-state index contributed by atoms with van der Waals surface area (Å²) in [5.41, 5.74) is 5.94. The predicted octanol–water partition coefficient (Wildman–Crippen LogP) is 0.774. The molecule has 0 aliphatic rings. The second-order valence-electron chi connectivity index (χ2n) is 3.85. The van der Waals surface area contributed by atoms with Gasteiger partial charge in [-0.15, -0.1) is 0 Å². The van der Waals surface area contributed by atoms with Crippen molar-refractivity contribution in [3.63, 3.8) is 0 Å². The quantitative estimate of drug-likeness (QED) is 0.860. The molecule has 0 saturated heterocycles. The molecule has 0 aliphatic heterocycles.